The number of hydrogen-bond acceptors (Lipinski definition) is 3. The quantitative estimate of drug-likeness (QED) is 0.587. The third-order valence-electron chi connectivity index (χ3n) is 3.12. The lowest BCUT2D eigenvalue weighted by Gasteiger charge is -2.09. The minimum absolute atomic E-state index is 1.16. The van der Waals surface area contributed by atoms with Crippen molar-refractivity contribution >= 4 is 0 Å². The van der Waals surface area contributed by atoms with Crippen LogP contribution < -0.4 is 16.0 Å². The molecule has 0 saturated carbocycles. The van der Waals surface area contributed by atoms with Crippen molar-refractivity contribution in [1.82, 2.24) is 16.0 Å². The molecule has 1 heterocycles. The zero-order valence-electron chi connectivity index (χ0n) is 10.7. The summed E-state index contributed by atoms with van der Waals surface area (Å²) in [4.78, 5) is 0. The van der Waals surface area contributed by atoms with Gasteiger partial charge in [-0.25, -0.2) is 0 Å². The smallest absolute Gasteiger partial charge is 0.00368 e. The highest BCUT2D eigenvalue weighted by Crippen LogP contribution is 2.01. The molecule has 96 valence electrons. The molecule has 16 heavy (non-hydrogen) atoms. The van der Waals surface area contributed by atoms with Gasteiger partial charge in [-0.05, 0) is 65.0 Å². The highest BCUT2D eigenvalue weighted by atomic mass is 14.9. The summed E-state index contributed by atoms with van der Waals surface area (Å²) < 4.78 is 0. The lowest BCUT2D eigenvalue weighted by atomic mass is 10.1. The first-order valence-electron chi connectivity index (χ1n) is 7.12. The van der Waals surface area contributed by atoms with Crippen molar-refractivity contribution in [3.63, 3.8) is 0 Å². The second-order valence-corrected chi connectivity index (χ2v) is 4.72. The van der Waals surface area contributed by atoms with Crippen LogP contribution >= 0.6 is 0 Å². The van der Waals surface area contributed by atoms with Crippen molar-refractivity contribution in [3.8, 4) is 0 Å². The highest BCUT2D eigenvalue weighted by Gasteiger charge is 1.94. The zero-order valence-corrected chi connectivity index (χ0v) is 10.7. The molecule has 3 heteroatoms. The summed E-state index contributed by atoms with van der Waals surface area (Å²) >= 11 is 0. The molecule has 1 rings (SSSR count). The molecule has 1 saturated heterocycles. The van der Waals surface area contributed by atoms with E-state index >= 15 is 0 Å². The van der Waals surface area contributed by atoms with Crippen molar-refractivity contribution in [1.29, 1.82) is 0 Å². The Kier molecular flexibility index (Phi) is 9.91. The second kappa shape index (κ2) is 11.4. The predicted molar refractivity (Wildman–Crippen MR) is 70.9 cm³/mol. The Morgan fingerprint density at radius 2 is 0.625 bits per heavy atom. The molecule has 3 N–H and O–H groups in total. The average molecular weight is 227 g/mol. The first-order chi connectivity index (χ1) is 8.00. The van der Waals surface area contributed by atoms with E-state index in [4.69, 9.17) is 0 Å². The van der Waals surface area contributed by atoms with Crippen LogP contribution in [0.4, 0.5) is 0 Å². The summed E-state index contributed by atoms with van der Waals surface area (Å²) in [7, 11) is 0. The van der Waals surface area contributed by atoms with Crippen molar-refractivity contribution in [2.75, 3.05) is 39.3 Å². The molecule has 1 aliphatic rings. The largest absolute Gasteiger partial charge is 0.317 e. The van der Waals surface area contributed by atoms with E-state index in [2.05, 4.69) is 16.0 Å². The first-order valence-corrected chi connectivity index (χ1v) is 7.12. The lowest BCUT2D eigenvalue weighted by molar-refractivity contribution is 0.522. The third-order valence-corrected chi connectivity index (χ3v) is 3.12. The van der Waals surface area contributed by atoms with Crippen LogP contribution in [0.5, 0.6) is 0 Å². The van der Waals surface area contributed by atoms with Gasteiger partial charge in [0.25, 0.3) is 0 Å². The van der Waals surface area contributed by atoms with Gasteiger partial charge in [0.15, 0.2) is 0 Å². The van der Waals surface area contributed by atoms with Gasteiger partial charge in [-0.1, -0.05) is 19.3 Å². The van der Waals surface area contributed by atoms with Crippen LogP contribution in [0, 0.1) is 0 Å². The Morgan fingerprint density at radius 1 is 0.312 bits per heavy atom. The fraction of sp³-hybridized carbons (Fsp3) is 1.00. The number of nitrogens with one attached hydrogen (secondary N) is 3. The Bertz CT molecular complexity index is 75.1. The maximum Gasteiger partial charge on any atom is -0.00368 e. The summed E-state index contributed by atoms with van der Waals surface area (Å²) in [6.45, 7) is 7.08. The molecule has 0 aromatic rings. The van der Waals surface area contributed by atoms with E-state index in [1.165, 1.54) is 71.1 Å². The summed E-state index contributed by atoms with van der Waals surface area (Å²) in [5.74, 6) is 0. The molecule has 0 aliphatic carbocycles. The lowest BCUT2D eigenvalue weighted by Crippen LogP contribution is -2.26. The van der Waals surface area contributed by atoms with E-state index in [-0.39, 0.29) is 0 Å². The van der Waals surface area contributed by atoms with Crippen LogP contribution in [0.3, 0.4) is 0 Å². The fourth-order valence-electron chi connectivity index (χ4n) is 2.08. The minimum Gasteiger partial charge on any atom is -0.317 e. The van der Waals surface area contributed by atoms with Gasteiger partial charge in [-0.15, -0.1) is 0 Å². The molecule has 0 atom stereocenters. The van der Waals surface area contributed by atoms with Gasteiger partial charge >= 0.3 is 0 Å². The minimum atomic E-state index is 1.16. The predicted octanol–water partition coefficient (Wildman–Crippen LogP) is 1.50. The molecule has 0 radical (unpaired) electrons. The summed E-state index contributed by atoms with van der Waals surface area (Å²) in [5, 5.41) is 10.5. The van der Waals surface area contributed by atoms with Crippen LogP contribution in [-0.2, 0) is 0 Å². The van der Waals surface area contributed by atoms with Gasteiger partial charge in [-0.2, -0.15) is 0 Å². The van der Waals surface area contributed by atoms with Crippen LogP contribution in [0.25, 0.3) is 0 Å². The average Bonchev–Trinajstić information content (AvgIpc) is 2.29. The topological polar surface area (TPSA) is 36.1 Å². The molecular weight excluding hydrogens is 198 g/mol. The maximum atomic E-state index is 3.51. The Labute approximate surface area is 101 Å². The summed E-state index contributed by atoms with van der Waals surface area (Å²) in [6.07, 6.45) is 9.41. The molecule has 0 unspecified atom stereocenters. The van der Waals surface area contributed by atoms with E-state index in [0.717, 1.165) is 13.1 Å². The molecule has 0 spiro atoms. The van der Waals surface area contributed by atoms with E-state index in [1.807, 2.05) is 0 Å². The van der Waals surface area contributed by atoms with Gasteiger partial charge < -0.3 is 16.0 Å². The molecule has 1 fully saturated rings. The van der Waals surface area contributed by atoms with Gasteiger partial charge in [0.1, 0.15) is 0 Å². The molecule has 0 bridgehead atoms. The first kappa shape index (κ1) is 13.9. The SMILES string of the molecule is C1CCCNCCCNCCCNCCC1. The van der Waals surface area contributed by atoms with Crippen molar-refractivity contribution in [2.45, 2.75) is 44.9 Å². The van der Waals surface area contributed by atoms with Crippen LogP contribution in [-0.4, -0.2) is 39.3 Å². The molecule has 1 aliphatic heterocycles. The molecule has 0 aromatic carbocycles. The van der Waals surface area contributed by atoms with E-state index in [0.29, 0.717) is 0 Å². The molecule has 0 amide bonds. The second-order valence-electron chi connectivity index (χ2n) is 4.72. The van der Waals surface area contributed by atoms with Crippen LogP contribution in [0.15, 0.2) is 0 Å². The third kappa shape index (κ3) is 9.13. The van der Waals surface area contributed by atoms with E-state index in [9.17, 15) is 0 Å². The van der Waals surface area contributed by atoms with Crippen molar-refractivity contribution in [2.24, 2.45) is 0 Å². The van der Waals surface area contributed by atoms with E-state index in [1.54, 1.807) is 0 Å². The molecular formula is C13H29N3. The van der Waals surface area contributed by atoms with Gasteiger partial charge in [0.05, 0.1) is 0 Å². The normalized spacial score (nSPS) is 24.0. The van der Waals surface area contributed by atoms with Crippen molar-refractivity contribution < 1.29 is 0 Å². The highest BCUT2D eigenvalue weighted by molar-refractivity contribution is 4.56. The molecule has 0 aromatic heterocycles. The maximum absolute atomic E-state index is 3.51. The van der Waals surface area contributed by atoms with Gasteiger partial charge in [0, 0.05) is 0 Å². The van der Waals surface area contributed by atoms with Gasteiger partial charge in [0.2, 0.25) is 0 Å². The Balaban J connectivity index is 2.00. The molecule has 3 nitrogen and oxygen atoms in total. The van der Waals surface area contributed by atoms with Crippen LogP contribution in [0.1, 0.15) is 44.9 Å². The summed E-state index contributed by atoms with van der Waals surface area (Å²) in [6, 6.07) is 0. The van der Waals surface area contributed by atoms with Crippen molar-refractivity contribution in [3.05, 3.63) is 0 Å². The van der Waals surface area contributed by atoms with E-state index < -0.39 is 0 Å². The standard InChI is InChI=1S/C13H29N3/c1-2-4-8-14-10-6-12-16-13-7-11-15-9-5-3-1/h14-16H,1-13H2. The van der Waals surface area contributed by atoms with Gasteiger partial charge in [-0.3, -0.25) is 0 Å². The fourth-order valence-corrected chi connectivity index (χ4v) is 2.08. The van der Waals surface area contributed by atoms with Crippen LogP contribution in [0.2, 0.25) is 0 Å². The zero-order chi connectivity index (χ0) is 11.3. The number of rotatable bonds is 0. The summed E-state index contributed by atoms with van der Waals surface area (Å²) in [5.41, 5.74) is 0. The number of hydrogen-bond donors (Lipinski definition) is 3. The Hall–Kier alpha value is -0.120. The monoisotopic (exact) mass is 227 g/mol. The Morgan fingerprint density at radius 3 is 1.06 bits per heavy atom.